The molecular weight excluding hydrogens is 471 g/mol. The number of hydrogen-bond acceptors (Lipinski definition) is 5. The number of ether oxygens (including phenoxy) is 2. The number of anilines is 2. The van der Waals surface area contributed by atoms with Crippen molar-refractivity contribution < 1.29 is 23.8 Å². The number of carboxylic acids is 1. The van der Waals surface area contributed by atoms with Crippen LogP contribution < -0.4 is 19.3 Å². The number of halogens is 1. The van der Waals surface area contributed by atoms with Crippen LogP contribution in [-0.4, -0.2) is 49.5 Å². The molecular formula is C30H39FN2O4. The topological polar surface area (TPSA) is 62.2 Å². The van der Waals surface area contributed by atoms with E-state index in [0.29, 0.717) is 35.8 Å². The summed E-state index contributed by atoms with van der Waals surface area (Å²) in [5.41, 5.74) is 1.66. The zero-order valence-electron chi connectivity index (χ0n) is 21.9. The van der Waals surface area contributed by atoms with Crippen LogP contribution in [0.3, 0.4) is 0 Å². The molecule has 0 bridgehead atoms. The Labute approximate surface area is 219 Å². The number of rotatable bonds is 9. The lowest BCUT2D eigenvalue weighted by Gasteiger charge is -2.38. The second kappa shape index (κ2) is 11.2. The van der Waals surface area contributed by atoms with E-state index < -0.39 is 5.97 Å². The predicted molar refractivity (Wildman–Crippen MR) is 143 cm³/mol. The Morgan fingerprint density at radius 2 is 1.76 bits per heavy atom. The Hall–Kier alpha value is -2.96. The van der Waals surface area contributed by atoms with Crippen LogP contribution in [0, 0.1) is 23.6 Å². The van der Waals surface area contributed by atoms with Gasteiger partial charge in [0, 0.05) is 50.3 Å². The van der Waals surface area contributed by atoms with Gasteiger partial charge in [0.1, 0.15) is 23.4 Å². The molecule has 0 amide bonds. The zero-order valence-corrected chi connectivity index (χ0v) is 21.9. The smallest absolute Gasteiger partial charge is 0.305 e. The molecule has 5 rings (SSSR count). The number of nitrogens with zero attached hydrogens (tertiary/aromatic N) is 2. The van der Waals surface area contributed by atoms with E-state index in [1.54, 1.807) is 12.1 Å². The summed E-state index contributed by atoms with van der Waals surface area (Å²) in [6.45, 7) is 7.10. The normalized spacial score (nSPS) is 24.7. The molecule has 37 heavy (non-hydrogen) atoms. The largest absolute Gasteiger partial charge is 0.494 e. The van der Waals surface area contributed by atoms with E-state index in [1.165, 1.54) is 25.3 Å². The van der Waals surface area contributed by atoms with E-state index in [2.05, 4.69) is 28.9 Å². The Balaban J connectivity index is 1.19. The monoisotopic (exact) mass is 510 g/mol. The van der Waals surface area contributed by atoms with E-state index >= 15 is 0 Å². The number of hydrogen-bond donors (Lipinski definition) is 1. The minimum Gasteiger partial charge on any atom is -0.494 e. The number of carbonyl (C=O) groups is 1. The molecule has 0 aromatic heterocycles. The van der Waals surface area contributed by atoms with Crippen molar-refractivity contribution in [1.29, 1.82) is 0 Å². The third kappa shape index (κ3) is 5.65. The molecule has 2 aromatic carbocycles. The van der Waals surface area contributed by atoms with Crippen LogP contribution in [0.4, 0.5) is 15.8 Å². The van der Waals surface area contributed by atoms with Gasteiger partial charge < -0.3 is 24.4 Å². The Morgan fingerprint density at radius 3 is 2.38 bits per heavy atom. The minimum atomic E-state index is -0.718. The first-order valence-electron chi connectivity index (χ1n) is 13.9. The predicted octanol–water partition coefficient (Wildman–Crippen LogP) is 5.99. The molecule has 1 aliphatic carbocycles. The molecule has 0 unspecified atom stereocenters. The number of carboxylic acid groups (broad SMARTS) is 1. The lowest BCUT2D eigenvalue weighted by Crippen LogP contribution is -2.39. The first kappa shape index (κ1) is 25.7. The Kier molecular flexibility index (Phi) is 7.77. The lowest BCUT2D eigenvalue weighted by molar-refractivity contribution is -0.137. The molecule has 1 saturated carbocycles. The summed E-state index contributed by atoms with van der Waals surface area (Å²) in [5.74, 6) is 2.17. The quantitative estimate of drug-likeness (QED) is 0.447. The molecule has 2 aliphatic heterocycles. The summed E-state index contributed by atoms with van der Waals surface area (Å²) in [5, 5.41) is 9.61. The second-order valence-corrected chi connectivity index (χ2v) is 10.9. The van der Waals surface area contributed by atoms with Gasteiger partial charge in [0.15, 0.2) is 0 Å². The summed E-state index contributed by atoms with van der Waals surface area (Å²) in [6.07, 6.45) is 5.63. The van der Waals surface area contributed by atoms with Crippen molar-refractivity contribution in [3.8, 4) is 11.5 Å². The lowest BCUT2D eigenvalue weighted by atomic mass is 9.69. The maximum absolute atomic E-state index is 14.5. The first-order valence-corrected chi connectivity index (χ1v) is 13.9. The molecule has 6 nitrogen and oxygen atoms in total. The van der Waals surface area contributed by atoms with E-state index in [9.17, 15) is 14.3 Å². The zero-order chi connectivity index (χ0) is 25.9. The number of piperidine rings is 1. The van der Waals surface area contributed by atoms with Gasteiger partial charge in [-0.15, -0.1) is 0 Å². The van der Waals surface area contributed by atoms with Crippen LogP contribution in [0.15, 0.2) is 42.5 Å². The average molecular weight is 511 g/mol. The van der Waals surface area contributed by atoms with E-state index in [1.807, 2.05) is 19.1 Å². The molecule has 0 radical (unpaired) electrons. The highest BCUT2D eigenvalue weighted by Gasteiger charge is 2.45. The number of benzene rings is 2. The third-order valence-electron chi connectivity index (χ3n) is 8.55. The van der Waals surface area contributed by atoms with Crippen molar-refractivity contribution in [2.75, 3.05) is 36.0 Å². The number of aliphatic carboxylic acids is 1. The summed E-state index contributed by atoms with van der Waals surface area (Å²) in [4.78, 5) is 16.1. The Bertz CT molecular complexity index is 1070. The standard InChI is InChI=1S/C30H39FN2O4/c1-3-36-25-11-12-26(31)27(17-25)32-15-13-24(14-16-32)37-23-9-7-22(8-10-23)33-19-20(2)30(21-5-4-6-21)28(33)18-29(34)35/h7-12,17,20-21,24,28,30H,3-6,13-16,18-19H2,1-2H3,(H,34,35)/t20-,28-,30-/m0/s1. The van der Waals surface area contributed by atoms with Crippen LogP contribution in [-0.2, 0) is 4.79 Å². The summed E-state index contributed by atoms with van der Waals surface area (Å²) in [6, 6.07) is 13.1. The maximum atomic E-state index is 14.5. The van der Waals surface area contributed by atoms with E-state index in [0.717, 1.165) is 43.9 Å². The summed E-state index contributed by atoms with van der Waals surface area (Å²) >= 11 is 0. The molecule has 2 aromatic rings. The molecule has 1 N–H and O–H groups in total. The Morgan fingerprint density at radius 1 is 1.05 bits per heavy atom. The maximum Gasteiger partial charge on any atom is 0.305 e. The molecule has 200 valence electrons. The second-order valence-electron chi connectivity index (χ2n) is 10.9. The van der Waals surface area contributed by atoms with Crippen LogP contribution >= 0.6 is 0 Å². The third-order valence-corrected chi connectivity index (χ3v) is 8.55. The fraction of sp³-hybridized carbons (Fsp3) is 0.567. The fourth-order valence-electron chi connectivity index (χ4n) is 6.59. The van der Waals surface area contributed by atoms with Crippen molar-refractivity contribution in [2.24, 2.45) is 17.8 Å². The highest BCUT2D eigenvalue weighted by molar-refractivity contribution is 5.69. The fourth-order valence-corrected chi connectivity index (χ4v) is 6.59. The van der Waals surface area contributed by atoms with Gasteiger partial charge in [0.25, 0.3) is 0 Å². The van der Waals surface area contributed by atoms with Crippen molar-refractivity contribution in [3.63, 3.8) is 0 Å². The molecule has 2 saturated heterocycles. The highest BCUT2D eigenvalue weighted by Crippen LogP contribution is 2.46. The van der Waals surface area contributed by atoms with E-state index in [-0.39, 0.29) is 24.4 Å². The molecule has 0 spiro atoms. The molecule has 3 atom stereocenters. The van der Waals surface area contributed by atoms with Crippen LogP contribution in [0.1, 0.15) is 52.4 Å². The molecule has 3 fully saturated rings. The molecule has 3 aliphatic rings. The van der Waals surface area contributed by atoms with Gasteiger partial charge in [0.05, 0.1) is 18.7 Å². The van der Waals surface area contributed by atoms with Gasteiger partial charge in [-0.3, -0.25) is 4.79 Å². The van der Waals surface area contributed by atoms with Gasteiger partial charge >= 0.3 is 5.97 Å². The summed E-state index contributed by atoms with van der Waals surface area (Å²) < 4.78 is 26.3. The van der Waals surface area contributed by atoms with Crippen LogP contribution in [0.5, 0.6) is 11.5 Å². The van der Waals surface area contributed by atoms with Gasteiger partial charge in [-0.05, 0) is 61.1 Å². The molecule has 7 heteroatoms. The average Bonchev–Trinajstić information content (AvgIpc) is 3.15. The highest BCUT2D eigenvalue weighted by atomic mass is 19.1. The van der Waals surface area contributed by atoms with Crippen molar-refractivity contribution in [2.45, 2.75) is 64.5 Å². The van der Waals surface area contributed by atoms with Gasteiger partial charge in [-0.1, -0.05) is 26.2 Å². The van der Waals surface area contributed by atoms with E-state index in [4.69, 9.17) is 9.47 Å². The van der Waals surface area contributed by atoms with Crippen molar-refractivity contribution in [3.05, 3.63) is 48.3 Å². The van der Waals surface area contributed by atoms with Crippen LogP contribution in [0.25, 0.3) is 0 Å². The molecule has 2 heterocycles. The van der Waals surface area contributed by atoms with Crippen molar-refractivity contribution >= 4 is 17.3 Å². The van der Waals surface area contributed by atoms with Gasteiger partial charge in [0.2, 0.25) is 0 Å². The SMILES string of the molecule is CCOc1ccc(F)c(N2CCC(Oc3ccc(N4C[C@H](C)[C@@H](C5CCC5)[C@@H]4CC(=O)O)cc3)CC2)c1. The van der Waals surface area contributed by atoms with Crippen molar-refractivity contribution in [1.82, 2.24) is 0 Å². The summed E-state index contributed by atoms with van der Waals surface area (Å²) in [7, 11) is 0. The van der Waals surface area contributed by atoms with Gasteiger partial charge in [-0.25, -0.2) is 4.39 Å². The first-order chi connectivity index (χ1) is 17.9. The van der Waals surface area contributed by atoms with Crippen LogP contribution in [0.2, 0.25) is 0 Å². The van der Waals surface area contributed by atoms with Gasteiger partial charge in [-0.2, -0.15) is 0 Å². The minimum absolute atomic E-state index is 0.0514.